The number of ether oxygens (including phenoxy) is 1. The highest BCUT2D eigenvalue weighted by molar-refractivity contribution is 5.27. The van der Waals surface area contributed by atoms with Gasteiger partial charge in [0.2, 0.25) is 5.88 Å². The first-order valence-corrected chi connectivity index (χ1v) is 6.17. The molecule has 0 saturated carbocycles. The van der Waals surface area contributed by atoms with Crippen LogP contribution in [-0.2, 0) is 6.54 Å². The Morgan fingerprint density at radius 1 is 1.28 bits per heavy atom. The molecule has 0 aliphatic carbocycles. The Hall–Kier alpha value is -1.17. The Balaban J connectivity index is 0.00000137. The highest BCUT2D eigenvalue weighted by Crippen LogP contribution is 2.15. The van der Waals surface area contributed by atoms with Gasteiger partial charge in [0.15, 0.2) is 0 Å². The Morgan fingerprint density at radius 2 is 1.89 bits per heavy atom. The summed E-state index contributed by atoms with van der Waals surface area (Å²) in [5.74, 6) is 0.571. The van der Waals surface area contributed by atoms with E-state index in [0.717, 1.165) is 11.3 Å². The Kier molecular flexibility index (Phi) is 9.18. The molecular formula is C13H24N2O3. The lowest BCUT2D eigenvalue weighted by Gasteiger charge is -2.14. The average molecular weight is 256 g/mol. The maximum Gasteiger partial charge on any atom is 0.217 e. The van der Waals surface area contributed by atoms with Gasteiger partial charge in [0.05, 0.1) is 26.4 Å². The molecule has 0 aliphatic heterocycles. The minimum absolute atomic E-state index is 0.0991. The Bertz CT molecular complexity index is 328. The van der Waals surface area contributed by atoms with Crippen LogP contribution in [0, 0.1) is 6.92 Å². The van der Waals surface area contributed by atoms with Crippen LogP contribution in [0.15, 0.2) is 12.1 Å². The molecule has 1 rings (SSSR count). The third-order valence-electron chi connectivity index (χ3n) is 2.29. The van der Waals surface area contributed by atoms with Gasteiger partial charge in [0.1, 0.15) is 0 Å². The third-order valence-corrected chi connectivity index (χ3v) is 2.29. The molecule has 1 aromatic heterocycles. The lowest BCUT2D eigenvalue weighted by Crippen LogP contribution is -2.35. The third kappa shape index (κ3) is 5.44. The molecule has 1 aromatic rings. The molecule has 0 radical (unpaired) electrons. The molecule has 5 heteroatoms. The van der Waals surface area contributed by atoms with E-state index in [1.165, 1.54) is 0 Å². The zero-order valence-electron chi connectivity index (χ0n) is 11.6. The molecule has 18 heavy (non-hydrogen) atoms. The highest BCUT2D eigenvalue weighted by atomic mass is 16.5. The summed E-state index contributed by atoms with van der Waals surface area (Å²) in [6, 6.07) is 3.50. The van der Waals surface area contributed by atoms with Gasteiger partial charge < -0.3 is 20.3 Å². The number of aliphatic hydroxyl groups is 2. The summed E-state index contributed by atoms with van der Waals surface area (Å²) < 4.78 is 5.15. The maximum atomic E-state index is 8.91. The van der Waals surface area contributed by atoms with Crippen LogP contribution in [0.4, 0.5) is 0 Å². The fraction of sp³-hybridized carbons (Fsp3) is 0.615. The van der Waals surface area contributed by atoms with E-state index in [1.807, 2.05) is 32.9 Å². The first-order chi connectivity index (χ1) is 8.71. The number of nitrogens with one attached hydrogen (secondary N) is 1. The van der Waals surface area contributed by atoms with E-state index in [9.17, 15) is 0 Å². The van der Waals surface area contributed by atoms with Crippen molar-refractivity contribution in [1.29, 1.82) is 0 Å². The second kappa shape index (κ2) is 9.82. The number of nitrogens with zero attached hydrogens (tertiary/aromatic N) is 1. The normalized spacial score (nSPS) is 9.94. The maximum absolute atomic E-state index is 8.91. The van der Waals surface area contributed by atoms with Crippen molar-refractivity contribution in [2.24, 2.45) is 0 Å². The first kappa shape index (κ1) is 16.8. The van der Waals surface area contributed by atoms with Crippen LogP contribution in [0.2, 0.25) is 0 Å². The molecule has 1 heterocycles. The number of methoxy groups -OCH3 is 1. The van der Waals surface area contributed by atoms with Crippen molar-refractivity contribution in [3.8, 4) is 5.88 Å². The molecule has 0 aromatic carbocycles. The second-order valence-electron chi connectivity index (χ2n) is 3.56. The number of hydrogen-bond acceptors (Lipinski definition) is 5. The van der Waals surface area contributed by atoms with E-state index in [4.69, 9.17) is 14.9 Å². The van der Waals surface area contributed by atoms with Gasteiger partial charge in [-0.3, -0.25) is 0 Å². The smallest absolute Gasteiger partial charge is 0.217 e. The van der Waals surface area contributed by atoms with E-state index < -0.39 is 0 Å². The van der Waals surface area contributed by atoms with E-state index in [1.54, 1.807) is 7.11 Å². The largest absolute Gasteiger partial charge is 0.481 e. The quantitative estimate of drug-likeness (QED) is 0.704. The monoisotopic (exact) mass is 256 g/mol. The summed E-state index contributed by atoms with van der Waals surface area (Å²) in [4.78, 5) is 4.23. The fourth-order valence-electron chi connectivity index (χ4n) is 1.31. The van der Waals surface area contributed by atoms with Crippen molar-refractivity contribution in [2.45, 2.75) is 33.4 Å². The summed E-state index contributed by atoms with van der Waals surface area (Å²) in [6.45, 7) is 6.20. The van der Waals surface area contributed by atoms with Gasteiger partial charge in [-0.15, -0.1) is 0 Å². The number of pyridine rings is 1. The predicted molar refractivity (Wildman–Crippen MR) is 71.7 cm³/mol. The Labute approximate surface area is 109 Å². The van der Waals surface area contributed by atoms with Crippen molar-refractivity contribution in [3.63, 3.8) is 0 Å². The topological polar surface area (TPSA) is 74.6 Å². The van der Waals surface area contributed by atoms with E-state index >= 15 is 0 Å². The number of aryl methyl sites for hydroxylation is 1. The van der Waals surface area contributed by atoms with Gasteiger partial charge in [0, 0.05) is 17.8 Å². The van der Waals surface area contributed by atoms with Crippen molar-refractivity contribution in [1.82, 2.24) is 10.3 Å². The molecule has 0 aliphatic rings. The molecule has 0 spiro atoms. The van der Waals surface area contributed by atoms with Crippen LogP contribution in [0.25, 0.3) is 0 Å². The van der Waals surface area contributed by atoms with Crippen molar-refractivity contribution < 1.29 is 14.9 Å². The molecule has 0 bridgehead atoms. The lowest BCUT2D eigenvalue weighted by atomic mass is 10.2. The summed E-state index contributed by atoms with van der Waals surface area (Å²) in [5.41, 5.74) is 1.79. The van der Waals surface area contributed by atoms with Gasteiger partial charge >= 0.3 is 0 Å². The van der Waals surface area contributed by atoms with Crippen LogP contribution in [-0.4, -0.2) is 41.6 Å². The molecule has 3 N–H and O–H groups in total. The summed E-state index contributed by atoms with van der Waals surface area (Å²) in [5, 5.41) is 20.8. The van der Waals surface area contributed by atoms with E-state index in [2.05, 4.69) is 10.3 Å². The Morgan fingerprint density at radius 3 is 2.39 bits per heavy atom. The summed E-state index contributed by atoms with van der Waals surface area (Å²) in [7, 11) is 1.57. The molecule has 0 atom stereocenters. The number of aliphatic hydroxyl groups excluding tert-OH is 2. The van der Waals surface area contributed by atoms with Crippen LogP contribution < -0.4 is 10.1 Å². The van der Waals surface area contributed by atoms with Gasteiger partial charge in [0.25, 0.3) is 0 Å². The van der Waals surface area contributed by atoms with Crippen molar-refractivity contribution in [3.05, 3.63) is 23.4 Å². The molecular weight excluding hydrogens is 232 g/mol. The fourth-order valence-corrected chi connectivity index (χ4v) is 1.31. The molecule has 5 nitrogen and oxygen atoms in total. The zero-order chi connectivity index (χ0) is 14.0. The highest BCUT2D eigenvalue weighted by Gasteiger charge is 2.08. The molecule has 0 fully saturated rings. The average Bonchev–Trinajstić information content (AvgIpc) is 2.43. The van der Waals surface area contributed by atoms with Crippen molar-refractivity contribution in [2.75, 3.05) is 20.3 Å². The molecule has 0 unspecified atom stereocenters. The second-order valence-corrected chi connectivity index (χ2v) is 3.56. The van der Waals surface area contributed by atoms with Gasteiger partial charge in [-0.2, -0.15) is 0 Å². The minimum atomic E-state index is -0.314. The zero-order valence-corrected chi connectivity index (χ0v) is 11.6. The van der Waals surface area contributed by atoms with Gasteiger partial charge in [-0.05, 0) is 13.0 Å². The van der Waals surface area contributed by atoms with E-state index in [-0.39, 0.29) is 19.3 Å². The minimum Gasteiger partial charge on any atom is -0.481 e. The SMILES string of the molecule is CC.COc1nc(C)ccc1CNC(CO)CO. The van der Waals surface area contributed by atoms with Gasteiger partial charge in [-0.25, -0.2) is 4.98 Å². The first-order valence-electron chi connectivity index (χ1n) is 6.17. The number of hydrogen-bond donors (Lipinski definition) is 3. The predicted octanol–water partition coefficient (Wildman–Crippen LogP) is 0.868. The number of aromatic nitrogens is 1. The van der Waals surface area contributed by atoms with E-state index in [0.29, 0.717) is 12.4 Å². The molecule has 104 valence electrons. The number of rotatable bonds is 6. The van der Waals surface area contributed by atoms with Crippen LogP contribution >= 0.6 is 0 Å². The van der Waals surface area contributed by atoms with Gasteiger partial charge in [-0.1, -0.05) is 19.9 Å². The van der Waals surface area contributed by atoms with Crippen molar-refractivity contribution >= 4 is 0 Å². The van der Waals surface area contributed by atoms with Crippen LogP contribution in [0.1, 0.15) is 25.1 Å². The van der Waals surface area contributed by atoms with Crippen LogP contribution in [0.5, 0.6) is 5.88 Å². The molecule has 0 amide bonds. The lowest BCUT2D eigenvalue weighted by molar-refractivity contribution is 0.170. The summed E-state index contributed by atoms with van der Waals surface area (Å²) in [6.07, 6.45) is 0. The summed E-state index contributed by atoms with van der Waals surface area (Å²) >= 11 is 0. The molecule has 0 saturated heterocycles. The van der Waals surface area contributed by atoms with Crippen LogP contribution in [0.3, 0.4) is 0 Å². The standard InChI is InChI=1S/C11H18N2O3.C2H6/c1-8-3-4-9(11(13-8)16-2)5-12-10(6-14)7-15;1-2/h3-4,10,12,14-15H,5-7H2,1-2H3;1-2H3.